The molecular weight excluding hydrogens is 246 g/mol. The summed E-state index contributed by atoms with van der Waals surface area (Å²) in [6.07, 6.45) is 0. The molecule has 0 aliphatic rings. The summed E-state index contributed by atoms with van der Waals surface area (Å²) in [4.78, 5) is 0. The summed E-state index contributed by atoms with van der Waals surface area (Å²) in [7, 11) is 0. The van der Waals surface area contributed by atoms with Crippen molar-refractivity contribution < 1.29 is 9.50 Å². The molecule has 0 aromatic heterocycles. The molecule has 0 amide bonds. The van der Waals surface area contributed by atoms with Crippen LogP contribution < -0.4 is 0 Å². The Morgan fingerprint density at radius 2 is 1.86 bits per heavy atom. The molecule has 0 radical (unpaired) electrons. The van der Waals surface area contributed by atoms with Crippen molar-refractivity contribution in [2.45, 2.75) is 0 Å². The van der Waals surface area contributed by atoms with E-state index in [1.54, 1.807) is 12.1 Å². The topological polar surface area (TPSA) is 20.2 Å². The average molecular weight is 253 g/mol. The second kappa shape index (κ2) is 3.52. The Morgan fingerprint density at radius 3 is 2.57 bits per heavy atom. The van der Waals surface area contributed by atoms with Gasteiger partial charge < -0.3 is 0 Å². The molecule has 0 saturated carbocycles. The number of halogens is 1. The minimum absolute atomic E-state index is 0.112. The molecule has 0 atom stereocenters. The van der Waals surface area contributed by atoms with Gasteiger partial charge in [-0.25, -0.2) is 0 Å². The van der Waals surface area contributed by atoms with Gasteiger partial charge >= 0.3 is 88.2 Å². The van der Waals surface area contributed by atoms with Gasteiger partial charge in [0.15, 0.2) is 0 Å². The summed E-state index contributed by atoms with van der Waals surface area (Å²) < 4.78 is 13.3. The fraction of sp³-hybridized carbons (Fsp3) is 0. The van der Waals surface area contributed by atoms with Gasteiger partial charge in [0.25, 0.3) is 0 Å². The van der Waals surface area contributed by atoms with E-state index in [1.165, 1.54) is 6.07 Å². The first-order valence-corrected chi connectivity index (χ1v) is 4.96. The molecule has 0 heterocycles. The monoisotopic (exact) mass is 254 g/mol. The Labute approximate surface area is 88.5 Å². The first kappa shape index (κ1) is 9.38. The van der Waals surface area contributed by atoms with Crippen molar-refractivity contribution in [2.24, 2.45) is 0 Å². The summed E-state index contributed by atoms with van der Waals surface area (Å²) in [6, 6.07) is 10.4. The van der Waals surface area contributed by atoms with Crippen LogP contribution in [0.5, 0.6) is 0 Å². The van der Waals surface area contributed by atoms with Crippen molar-refractivity contribution in [1.82, 2.24) is 0 Å². The van der Waals surface area contributed by atoms with Crippen molar-refractivity contribution in [2.75, 3.05) is 0 Å². The first-order valence-electron chi connectivity index (χ1n) is 4.10. The van der Waals surface area contributed by atoms with Crippen LogP contribution >= 0.6 is 0 Å². The Kier molecular flexibility index (Phi) is 2.36. The van der Waals surface area contributed by atoms with Crippen molar-refractivity contribution in [3.63, 3.8) is 0 Å². The summed E-state index contributed by atoms with van der Waals surface area (Å²) >= 11 is 2.42. The van der Waals surface area contributed by atoms with Crippen molar-refractivity contribution in [1.29, 1.82) is 0 Å². The van der Waals surface area contributed by atoms with Gasteiger partial charge in [0.05, 0.1) is 0 Å². The number of hydrogen-bond donors (Lipinski definition) is 1. The van der Waals surface area contributed by atoms with E-state index in [4.69, 9.17) is 0 Å². The molecule has 2 rings (SSSR count). The molecule has 0 aliphatic heterocycles. The number of hydrogen-bond acceptors (Lipinski definition) is 1. The standard InChI is InChI=1S/C11H7FOSe/c12-9-6-5-7-3-1-2-4-8(7)10(9)11(13)14/h1-6H,(H,13,14). The van der Waals surface area contributed by atoms with Crippen LogP contribution in [0.15, 0.2) is 36.4 Å². The number of aliphatic hydroxyl groups excluding tert-OH is 1. The molecule has 0 saturated heterocycles. The third-order valence-electron chi connectivity index (χ3n) is 2.09. The van der Waals surface area contributed by atoms with Gasteiger partial charge in [0, 0.05) is 0 Å². The zero-order valence-electron chi connectivity index (χ0n) is 7.20. The fourth-order valence-corrected chi connectivity index (χ4v) is 1.90. The van der Waals surface area contributed by atoms with Gasteiger partial charge in [-0.05, 0) is 0 Å². The third-order valence-corrected chi connectivity index (χ3v) is 2.52. The van der Waals surface area contributed by atoms with Crippen LogP contribution in [0.1, 0.15) is 5.56 Å². The Morgan fingerprint density at radius 1 is 1.14 bits per heavy atom. The van der Waals surface area contributed by atoms with E-state index >= 15 is 0 Å². The molecule has 2 aromatic rings. The quantitative estimate of drug-likeness (QED) is 0.771. The van der Waals surface area contributed by atoms with E-state index in [0.717, 1.165) is 5.39 Å². The molecule has 0 unspecified atom stereocenters. The number of fused-ring (bicyclic) bond motifs is 1. The maximum absolute atomic E-state index is 13.4. The molecule has 0 fully saturated rings. The van der Waals surface area contributed by atoms with Crippen LogP contribution in [0.2, 0.25) is 0 Å². The van der Waals surface area contributed by atoms with Gasteiger partial charge in [0.1, 0.15) is 0 Å². The minimum atomic E-state index is -0.417. The summed E-state index contributed by atoms with van der Waals surface area (Å²) in [5.41, 5.74) is 0.239. The van der Waals surface area contributed by atoms with Crippen LogP contribution in [0, 0.1) is 5.82 Å². The van der Waals surface area contributed by atoms with Gasteiger partial charge in [-0.2, -0.15) is 0 Å². The first-order chi connectivity index (χ1) is 6.70. The van der Waals surface area contributed by atoms with E-state index in [9.17, 15) is 9.50 Å². The van der Waals surface area contributed by atoms with Gasteiger partial charge in [-0.15, -0.1) is 0 Å². The van der Waals surface area contributed by atoms with Crippen LogP contribution in [0.4, 0.5) is 4.39 Å². The molecule has 1 N–H and O–H groups in total. The van der Waals surface area contributed by atoms with Crippen LogP contribution in [0.3, 0.4) is 0 Å². The molecule has 2 aromatic carbocycles. The molecule has 1 nitrogen and oxygen atoms in total. The van der Waals surface area contributed by atoms with Crippen LogP contribution in [-0.2, 0) is 0 Å². The van der Waals surface area contributed by atoms with E-state index < -0.39 is 5.82 Å². The predicted molar refractivity (Wildman–Crippen MR) is 55.7 cm³/mol. The van der Waals surface area contributed by atoms with Gasteiger partial charge in [-0.1, -0.05) is 0 Å². The molecule has 3 heteroatoms. The maximum atomic E-state index is 13.4. The zero-order chi connectivity index (χ0) is 10.1. The molecule has 14 heavy (non-hydrogen) atoms. The third kappa shape index (κ3) is 1.45. The van der Waals surface area contributed by atoms with Crippen molar-refractivity contribution >= 4 is 31.0 Å². The fourth-order valence-electron chi connectivity index (χ4n) is 1.46. The van der Waals surface area contributed by atoms with E-state index in [-0.39, 0.29) is 10.2 Å². The van der Waals surface area contributed by atoms with Crippen LogP contribution in [0.25, 0.3) is 10.8 Å². The van der Waals surface area contributed by atoms with E-state index in [2.05, 4.69) is 15.6 Å². The van der Waals surface area contributed by atoms with Crippen LogP contribution in [-0.4, -0.2) is 25.3 Å². The van der Waals surface area contributed by atoms with Gasteiger partial charge in [0.2, 0.25) is 0 Å². The van der Waals surface area contributed by atoms with E-state index in [0.29, 0.717) is 5.39 Å². The number of aliphatic hydroxyl groups is 1. The summed E-state index contributed by atoms with van der Waals surface area (Å²) in [5, 5.41) is 10.9. The molecule has 0 bridgehead atoms. The number of benzene rings is 2. The molecule has 0 aliphatic carbocycles. The molecule has 0 spiro atoms. The van der Waals surface area contributed by atoms with Gasteiger partial charge in [-0.3, -0.25) is 0 Å². The summed E-state index contributed by atoms with van der Waals surface area (Å²) in [6.45, 7) is 0. The number of rotatable bonds is 1. The SMILES string of the molecule is OC(=[Se])c1c(F)ccc2ccccc12. The Hall–Kier alpha value is -1.18. The average Bonchev–Trinajstić information content (AvgIpc) is 2.17. The normalized spacial score (nSPS) is 10.4. The zero-order valence-corrected chi connectivity index (χ0v) is 8.91. The second-order valence-corrected chi connectivity index (χ2v) is 3.76. The predicted octanol–water partition coefficient (Wildman–Crippen LogP) is 2.00. The molecule has 70 valence electrons. The summed E-state index contributed by atoms with van der Waals surface area (Å²) in [5.74, 6) is -0.417. The van der Waals surface area contributed by atoms with E-state index in [1.807, 2.05) is 18.2 Å². The Balaban J connectivity index is 2.90. The van der Waals surface area contributed by atoms with Crippen molar-refractivity contribution in [3.05, 3.63) is 47.8 Å². The Bertz CT molecular complexity index is 508. The molecular formula is C11H7FOSe. The second-order valence-electron chi connectivity index (χ2n) is 2.95. The van der Waals surface area contributed by atoms with Crippen molar-refractivity contribution in [3.8, 4) is 0 Å².